The van der Waals surface area contributed by atoms with Crippen molar-refractivity contribution in [2.45, 2.75) is 31.6 Å². The van der Waals surface area contributed by atoms with E-state index in [0.717, 1.165) is 24.1 Å². The average Bonchev–Trinajstić information content (AvgIpc) is 3.49. The molecule has 1 saturated heterocycles. The first-order chi connectivity index (χ1) is 16.3. The fourth-order valence-corrected chi connectivity index (χ4v) is 4.14. The molecule has 0 saturated carbocycles. The number of fused-ring (bicyclic) bond motifs is 2. The molecule has 1 aromatic carbocycles. The van der Waals surface area contributed by atoms with Gasteiger partial charge in [0.2, 0.25) is 0 Å². The minimum absolute atomic E-state index is 0.225. The molecule has 7 nitrogen and oxygen atoms in total. The third-order valence-corrected chi connectivity index (χ3v) is 6.03. The summed E-state index contributed by atoms with van der Waals surface area (Å²) in [5.41, 5.74) is 5.48. The Morgan fingerprint density at radius 2 is 1.85 bits per heavy atom. The molecule has 10 heteroatoms. The van der Waals surface area contributed by atoms with Crippen LogP contribution in [-0.4, -0.2) is 53.0 Å². The van der Waals surface area contributed by atoms with Gasteiger partial charge in [-0.15, -0.1) is 0 Å². The maximum Gasteiger partial charge on any atom is 0.367 e. The van der Waals surface area contributed by atoms with Gasteiger partial charge in [-0.1, -0.05) is 17.7 Å². The van der Waals surface area contributed by atoms with Gasteiger partial charge in [0.15, 0.2) is 11.5 Å². The highest BCUT2D eigenvalue weighted by molar-refractivity contribution is 6.30. The standard InChI is InChI=1S/C15H21NO2.C9H6ClF2N3O/c1-2-8-16(7-1)9-3-4-13-5-6-14-15(12-13)18-11-10-17-14;10-5-1-2-15-4-6(14-7(15)3-5)9(11,12)8(13)16/h5-6,12H,1-4,7-11H2;1-4H,(H2,13,16). The number of aromatic nitrogens is 2. The minimum Gasteiger partial charge on any atom is -0.486 e. The van der Waals surface area contributed by atoms with Crippen molar-refractivity contribution < 1.29 is 23.0 Å². The predicted molar refractivity (Wildman–Crippen MR) is 125 cm³/mol. The monoisotopic (exact) mass is 492 g/mol. The number of alkyl halides is 2. The van der Waals surface area contributed by atoms with Crippen LogP contribution >= 0.6 is 11.6 Å². The second kappa shape index (κ2) is 10.6. The van der Waals surface area contributed by atoms with E-state index in [-0.39, 0.29) is 5.65 Å². The molecular weight excluding hydrogens is 466 g/mol. The normalized spacial score (nSPS) is 15.7. The van der Waals surface area contributed by atoms with Crippen molar-refractivity contribution in [1.82, 2.24) is 14.3 Å². The lowest BCUT2D eigenvalue weighted by atomic mass is 10.1. The number of likely N-dealkylation sites (tertiary alicyclic amines) is 1. The van der Waals surface area contributed by atoms with Gasteiger partial charge in [-0.3, -0.25) is 4.79 Å². The van der Waals surface area contributed by atoms with Crippen molar-refractivity contribution in [2.24, 2.45) is 5.73 Å². The van der Waals surface area contributed by atoms with E-state index < -0.39 is 17.5 Å². The Hall–Kier alpha value is -2.91. The van der Waals surface area contributed by atoms with Gasteiger partial charge < -0.3 is 24.5 Å². The molecule has 34 heavy (non-hydrogen) atoms. The van der Waals surface area contributed by atoms with Crippen LogP contribution in [0.3, 0.4) is 0 Å². The molecule has 2 aromatic heterocycles. The van der Waals surface area contributed by atoms with E-state index in [1.165, 1.54) is 67.2 Å². The van der Waals surface area contributed by atoms with Gasteiger partial charge >= 0.3 is 5.92 Å². The fraction of sp³-hybridized carbons (Fsp3) is 0.417. The summed E-state index contributed by atoms with van der Waals surface area (Å²) in [5.74, 6) is -3.70. The lowest BCUT2D eigenvalue weighted by molar-refractivity contribution is -0.143. The highest BCUT2D eigenvalue weighted by Gasteiger charge is 2.41. The molecule has 0 unspecified atom stereocenters. The molecule has 2 aliphatic rings. The number of nitrogens with two attached hydrogens (primary N) is 1. The molecule has 182 valence electrons. The van der Waals surface area contributed by atoms with Crippen LogP contribution in [0.4, 0.5) is 8.78 Å². The molecule has 0 atom stereocenters. The number of primary amides is 1. The van der Waals surface area contributed by atoms with Crippen LogP contribution in [0.25, 0.3) is 5.65 Å². The summed E-state index contributed by atoms with van der Waals surface area (Å²) < 4.78 is 38.9. The molecule has 1 fully saturated rings. The topological polar surface area (TPSA) is 82.1 Å². The number of hydrogen-bond acceptors (Lipinski definition) is 5. The number of hydrogen-bond donors (Lipinski definition) is 1. The molecule has 0 bridgehead atoms. The number of imidazole rings is 1. The Balaban J connectivity index is 0.000000162. The first-order valence-corrected chi connectivity index (χ1v) is 11.6. The largest absolute Gasteiger partial charge is 0.486 e. The highest BCUT2D eigenvalue weighted by atomic mass is 35.5. The quantitative estimate of drug-likeness (QED) is 0.561. The van der Waals surface area contributed by atoms with Gasteiger partial charge in [-0.2, -0.15) is 8.78 Å². The lowest BCUT2D eigenvalue weighted by Crippen LogP contribution is -2.33. The molecule has 0 radical (unpaired) electrons. The van der Waals surface area contributed by atoms with Crippen LogP contribution in [0.1, 0.15) is 30.5 Å². The van der Waals surface area contributed by atoms with Crippen LogP contribution in [0.2, 0.25) is 5.02 Å². The maximum absolute atomic E-state index is 13.2. The van der Waals surface area contributed by atoms with E-state index in [1.54, 1.807) is 0 Å². The number of halogens is 3. The van der Waals surface area contributed by atoms with E-state index >= 15 is 0 Å². The lowest BCUT2D eigenvalue weighted by Gasteiger charge is -2.19. The van der Waals surface area contributed by atoms with E-state index in [0.29, 0.717) is 18.2 Å². The molecular formula is C24H27ClF2N4O3. The zero-order valence-electron chi connectivity index (χ0n) is 18.7. The number of aryl methyl sites for hydroxylation is 1. The van der Waals surface area contributed by atoms with Crippen LogP contribution in [0.5, 0.6) is 11.5 Å². The van der Waals surface area contributed by atoms with Crippen molar-refractivity contribution in [3.8, 4) is 11.5 Å². The van der Waals surface area contributed by atoms with Crippen LogP contribution in [-0.2, 0) is 17.1 Å². The van der Waals surface area contributed by atoms with E-state index in [9.17, 15) is 13.6 Å². The second-order valence-corrected chi connectivity index (χ2v) is 8.74. The summed E-state index contributed by atoms with van der Waals surface area (Å²) in [7, 11) is 0. The molecule has 2 aliphatic heterocycles. The average molecular weight is 493 g/mol. The zero-order valence-corrected chi connectivity index (χ0v) is 19.4. The summed E-state index contributed by atoms with van der Waals surface area (Å²) >= 11 is 5.67. The smallest absolute Gasteiger partial charge is 0.367 e. The third kappa shape index (κ3) is 5.77. The summed E-state index contributed by atoms with van der Waals surface area (Å²) in [5, 5.41) is 0.368. The number of ether oxygens (including phenoxy) is 2. The van der Waals surface area contributed by atoms with Gasteiger partial charge in [-0.25, -0.2) is 4.98 Å². The minimum atomic E-state index is -3.78. The Bertz CT molecular complexity index is 1150. The number of carbonyl (C=O) groups excluding carboxylic acids is 1. The van der Waals surface area contributed by atoms with Gasteiger partial charge in [0.25, 0.3) is 5.91 Å². The van der Waals surface area contributed by atoms with Crippen molar-refractivity contribution >= 4 is 23.2 Å². The molecule has 3 aromatic rings. The maximum atomic E-state index is 13.2. The van der Waals surface area contributed by atoms with Crippen molar-refractivity contribution in [1.29, 1.82) is 0 Å². The van der Waals surface area contributed by atoms with Gasteiger partial charge in [0, 0.05) is 23.5 Å². The summed E-state index contributed by atoms with van der Waals surface area (Å²) in [6.45, 7) is 5.16. The molecule has 5 rings (SSSR count). The number of pyridine rings is 1. The molecule has 4 heterocycles. The third-order valence-electron chi connectivity index (χ3n) is 5.80. The van der Waals surface area contributed by atoms with Crippen LogP contribution < -0.4 is 15.2 Å². The number of benzene rings is 1. The first-order valence-electron chi connectivity index (χ1n) is 11.3. The number of carbonyl (C=O) groups is 1. The first kappa shape index (κ1) is 24.2. The molecule has 0 spiro atoms. The second-order valence-electron chi connectivity index (χ2n) is 8.31. The Morgan fingerprint density at radius 1 is 1.12 bits per heavy atom. The summed E-state index contributed by atoms with van der Waals surface area (Å²) in [4.78, 5) is 16.7. The van der Waals surface area contributed by atoms with E-state index in [1.807, 2.05) is 6.07 Å². The van der Waals surface area contributed by atoms with Crippen molar-refractivity contribution in [3.63, 3.8) is 0 Å². The highest BCUT2D eigenvalue weighted by Crippen LogP contribution is 2.31. The van der Waals surface area contributed by atoms with Crippen LogP contribution in [0.15, 0.2) is 42.7 Å². The van der Waals surface area contributed by atoms with E-state index in [2.05, 4.69) is 27.8 Å². The molecule has 0 aliphatic carbocycles. The van der Waals surface area contributed by atoms with Crippen LogP contribution in [0, 0.1) is 0 Å². The molecule has 1 amide bonds. The summed E-state index contributed by atoms with van der Waals surface area (Å²) in [6.07, 6.45) is 7.63. The predicted octanol–water partition coefficient (Wildman–Crippen LogP) is 4.05. The SMILES string of the molecule is NC(=O)C(F)(F)c1cn2ccc(Cl)cc2n1.c1cc2c(cc1CCCN1CCCC1)OCCO2. The summed E-state index contributed by atoms with van der Waals surface area (Å²) in [6, 6.07) is 9.26. The van der Waals surface area contributed by atoms with E-state index in [4.69, 9.17) is 21.1 Å². The fourth-order valence-electron chi connectivity index (χ4n) is 3.99. The number of nitrogens with zero attached hydrogens (tertiary/aromatic N) is 3. The Morgan fingerprint density at radius 3 is 2.59 bits per heavy atom. The molecule has 2 N–H and O–H groups in total. The van der Waals surface area contributed by atoms with Crippen molar-refractivity contribution in [2.75, 3.05) is 32.8 Å². The van der Waals surface area contributed by atoms with Gasteiger partial charge in [0.1, 0.15) is 24.6 Å². The van der Waals surface area contributed by atoms with Gasteiger partial charge in [-0.05, 0) is 69.1 Å². The Kier molecular flexibility index (Phi) is 7.53. The zero-order chi connectivity index (χ0) is 24.1. The Labute approximate surface area is 201 Å². The number of amides is 1. The van der Waals surface area contributed by atoms with Gasteiger partial charge in [0.05, 0.1) is 0 Å². The number of rotatable bonds is 6. The van der Waals surface area contributed by atoms with Crippen molar-refractivity contribution in [3.05, 3.63) is 59.0 Å².